The number of hydrogen-bond donors (Lipinski definition) is 2. The SMILES string of the molecule is Oc1nc(-c2ccccc2)nc2c1[nH]c1ccccc12. The second-order valence-corrected chi connectivity index (χ2v) is 4.63. The average Bonchev–Trinajstić information content (AvgIpc) is 2.88. The molecule has 0 aliphatic rings. The van der Waals surface area contributed by atoms with Crippen LogP contribution in [0.15, 0.2) is 54.6 Å². The molecule has 4 nitrogen and oxygen atoms in total. The molecule has 2 heterocycles. The number of aromatic hydroxyl groups is 1. The van der Waals surface area contributed by atoms with Crippen LogP contribution in [0.3, 0.4) is 0 Å². The van der Waals surface area contributed by atoms with Gasteiger partial charge < -0.3 is 10.1 Å². The zero-order valence-corrected chi connectivity index (χ0v) is 10.5. The van der Waals surface area contributed by atoms with Gasteiger partial charge in [0, 0.05) is 16.5 Å². The first-order chi connectivity index (χ1) is 9.83. The first-order valence-electron chi connectivity index (χ1n) is 6.36. The fourth-order valence-electron chi connectivity index (χ4n) is 2.41. The molecule has 0 saturated heterocycles. The Morgan fingerprint density at radius 1 is 0.850 bits per heavy atom. The molecule has 4 heteroatoms. The Labute approximate surface area is 114 Å². The number of para-hydroxylation sites is 1. The van der Waals surface area contributed by atoms with Crippen LogP contribution in [0.4, 0.5) is 0 Å². The van der Waals surface area contributed by atoms with Gasteiger partial charge in [-0.2, -0.15) is 4.98 Å². The maximum Gasteiger partial charge on any atom is 0.239 e. The summed E-state index contributed by atoms with van der Waals surface area (Å²) < 4.78 is 0. The summed E-state index contributed by atoms with van der Waals surface area (Å²) in [6.07, 6.45) is 0. The van der Waals surface area contributed by atoms with E-state index in [2.05, 4.69) is 15.0 Å². The third kappa shape index (κ3) is 1.55. The fourth-order valence-corrected chi connectivity index (χ4v) is 2.41. The molecule has 4 rings (SSSR count). The van der Waals surface area contributed by atoms with Gasteiger partial charge >= 0.3 is 0 Å². The number of rotatable bonds is 1. The number of nitrogens with one attached hydrogen (secondary N) is 1. The summed E-state index contributed by atoms with van der Waals surface area (Å²) in [6, 6.07) is 17.5. The predicted octanol–water partition coefficient (Wildman–Crippen LogP) is 3.48. The normalized spacial score (nSPS) is 11.2. The monoisotopic (exact) mass is 261 g/mol. The lowest BCUT2D eigenvalue weighted by atomic mass is 10.2. The molecule has 0 aliphatic heterocycles. The topological polar surface area (TPSA) is 61.8 Å². The van der Waals surface area contributed by atoms with Gasteiger partial charge in [-0.05, 0) is 6.07 Å². The van der Waals surface area contributed by atoms with Gasteiger partial charge in [-0.25, -0.2) is 4.98 Å². The number of H-pyrrole nitrogens is 1. The summed E-state index contributed by atoms with van der Waals surface area (Å²) in [7, 11) is 0. The summed E-state index contributed by atoms with van der Waals surface area (Å²) in [5.41, 5.74) is 3.14. The molecule has 0 unspecified atom stereocenters. The molecule has 20 heavy (non-hydrogen) atoms. The van der Waals surface area contributed by atoms with Crippen molar-refractivity contribution < 1.29 is 5.11 Å². The van der Waals surface area contributed by atoms with Crippen LogP contribution < -0.4 is 0 Å². The van der Waals surface area contributed by atoms with E-state index in [0.717, 1.165) is 22.0 Å². The molecule has 2 N–H and O–H groups in total. The van der Waals surface area contributed by atoms with Crippen molar-refractivity contribution >= 4 is 21.9 Å². The quantitative estimate of drug-likeness (QED) is 0.551. The van der Waals surface area contributed by atoms with Crippen molar-refractivity contribution in [1.82, 2.24) is 15.0 Å². The van der Waals surface area contributed by atoms with Gasteiger partial charge in [-0.3, -0.25) is 0 Å². The molecule has 0 amide bonds. The smallest absolute Gasteiger partial charge is 0.239 e. The second-order valence-electron chi connectivity index (χ2n) is 4.63. The molecule has 2 aromatic heterocycles. The third-order valence-corrected chi connectivity index (χ3v) is 3.36. The van der Waals surface area contributed by atoms with Crippen LogP contribution in [0.2, 0.25) is 0 Å². The molecule has 0 fully saturated rings. The highest BCUT2D eigenvalue weighted by Crippen LogP contribution is 2.30. The molecule has 0 atom stereocenters. The molecule has 96 valence electrons. The molecule has 4 aromatic rings. The minimum absolute atomic E-state index is 0.0231. The van der Waals surface area contributed by atoms with E-state index in [0.29, 0.717) is 11.3 Å². The Morgan fingerprint density at radius 3 is 2.45 bits per heavy atom. The Morgan fingerprint density at radius 2 is 1.60 bits per heavy atom. The molecule has 0 saturated carbocycles. The van der Waals surface area contributed by atoms with E-state index in [9.17, 15) is 5.11 Å². The van der Waals surface area contributed by atoms with Crippen molar-refractivity contribution in [3.63, 3.8) is 0 Å². The lowest BCUT2D eigenvalue weighted by Gasteiger charge is -2.01. The zero-order chi connectivity index (χ0) is 13.5. The van der Waals surface area contributed by atoms with Crippen LogP contribution in [0.5, 0.6) is 5.88 Å². The van der Waals surface area contributed by atoms with E-state index in [-0.39, 0.29) is 5.88 Å². The number of aromatic nitrogens is 3. The number of aromatic amines is 1. The van der Waals surface area contributed by atoms with Gasteiger partial charge in [0.15, 0.2) is 5.82 Å². The summed E-state index contributed by atoms with van der Waals surface area (Å²) in [6.45, 7) is 0. The van der Waals surface area contributed by atoms with Crippen molar-refractivity contribution in [3.8, 4) is 17.3 Å². The summed E-state index contributed by atoms with van der Waals surface area (Å²) in [4.78, 5) is 11.9. The number of benzene rings is 2. The average molecular weight is 261 g/mol. The van der Waals surface area contributed by atoms with E-state index in [1.807, 2.05) is 54.6 Å². The van der Waals surface area contributed by atoms with Gasteiger partial charge in [0.1, 0.15) is 11.0 Å². The van der Waals surface area contributed by atoms with Crippen LogP contribution in [0, 0.1) is 0 Å². The summed E-state index contributed by atoms with van der Waals surface area (Å²) in [5.74, 6) is 0.505. The van der Waals surface area contributed by atoms with Crippen LogP contribution in [-0.4, -0.2) is 20.1 Å². The standard InChI is InChI=1S/C16H11N3O/c20-16-14-13(11-8-4-5-9-12(11)17-14)18-15(19-16)10-6-2-1-3-7-10/h1-9,17H,(H,18,19,20). The maximum atomic E-state index is 10.1. The molecule has 0 spiro atoms. The summed E-state index contributed by atoms with van der Waals surface area (Å²) in [5, 5.41) is 11.1. The van der Waals surface area contributed by atoms with Crippen LogP contribution >= 0.6 is 0 Å². The predicted molar refractivity (Wildman–Crippen MR) is 78.5 cm³/mol. The van der Waals surface area contributed by atoms with Crippen LogP contribution in [0.1, 0.15) is 0 Å². The Balaban J connectivity index is 2.08. The molecule has 2 aromatic carbocycles. The third-order valence-electron chi connectivity index (χ3n) is 3.36. The minimum Gasteiger partial charge on any atom is -0.492 e. The van der Waals surface area contributed by atoms with Crippen LogP contribution in [0.25, 0.3) is 33.3 Å². The molecule has 0 radical (unpaired) electrons. The van der Waals surface area contributed by atoms with Crippen molar-refractivity contribution in [1.29, 1.82) is 0 Å². The van der Waals surface area contributed by atoms with Gasteiger partial charge in [0.05, 0.1) is 0 Å². The van der Waals surface area contributed by atoms with E-state index in [4.69, 9.17) is 0 Å². The van der Waals surface area contributed by atoms with E-state index >= 15 is 0 Å². The molecule has 0 bridgehead atoms. The Bertz CT molecular complexity index is 913. The first-order valence-corrected chi connectivity index (χ1v) is 6.36. The second kappa shape index (κ2) is 4.06. The number of hydrogen-bond acceptors (Lipinski definition) is 3. The van der Waals surface area contributed by atoms with Crippen molar-refractivity contribution in [2.75, 3.05) is 0 Å². The highest BCUT2D eigenvalue weighted by molar-refractivity contribution is 6.06. The van der Waals surface area contributed by atoms with Gasteiger partial charge in [-0.15, -0.1) is 0 Å². The molecular weight excluding hydrogens is 250 g/mol. The highest BCUT2D eigenvalue weighted by Gasteiger charge is 2.13. The van der Waals surface area contributed by atoms with Gasteiger partial charge in [0.25, 0.3) is 0 Å². The van der Waals surface area contributed by atoms with Gasteiger partial charge in [-0.1, -0.05) is 48.5 Å². The van der Waals surface area contributed by atoms with Gasteiger partial charge in [0.2, 0.25) is 5.88 Å². The highest BCUT2D eigenvalue weighted by atomic mass is 16.3. The van der Waals surface area contributed by atoms with Crippen molar-refractivity contribution in [3.05, 3.63) is 54.6 Å². The number of nitrogens with zero attached hydrogens (tertiary/aromatic N) is 2. The van der Waals surface area contributed by atoms with Crippen LogP contribution in [-0.2, 0) is 0 Å². The fraction of sp³-hybridized carbons (Fsp3) is 0. The van der Waals surface area contributed by atoms with E-state index < -0.39 is 0 Å². The minimum atomic E-state index is -0.0231. The molecule has 0 aliphatic carbocycles. The Hall–Kier alpha value is -2.88. The first kappa shape index (κ1) is 11.0. The Kier molecular flexibility index (Phi) is 2.23. The molecular formula is C16H11N3O. The summed E-state index contributed by atoms with van der Waals surface area (Å²) >= 11 is 0. The van der Waals surface area contributed by atoms with E-state index in [1.165, 1.54) is 0 Å². The maximum absolute atomic E-state index is 10.1. The number of fused-ring (bicyclic) bond motifs is 3. The van der Waals surface area contributed by atoms with E-state index in [1.54, 1.807) is 0 Å². The van der Waals surface area contributed by atoms with Crippen molar-refractivity contribution in [2.24, 2.45) is 0 Å². The van der Waals surface area contributed by atoms with Crippen molar-refractivity contribution in [2.45, 2.75) is 0 Å². The lowest BCUT2D eigenvalue weighted by Crippen LogP contribution is -1.89. The largest absolute Gasteiger partial charge is 0.492 e. The lowest BCUT2D eigenvalue weighted by molar-refractivity contribution is 0.459. The zero-order valence-electron chi connectivity index (χ0n) is 10.5.